The molecule has 0 radical (unpaired) electrons. The van der Waals surface area contributed by atoms with Crippen LogP contribution in [0.15, 0.2) is 53.1 Å². The monoisotopic (exact) mass is 330 g/mol. The quantitative estimate of drug-likeness (QED) is 0.635. The van der Waals surface area contributed by atoms with E-state index in [1.807, 2.05) is 42.5 Å². The van der Waals surface area contributed by atoms with Gasteiger partial charge in [-0.25, -0.2) is 0 Å². The molecule has 0 aliphatic rings. The second-order valence-electron chi connectivity index (χ2n) is 4.79. The molecule has 0 bridgehead atoms. The van der Waals surface area contributed by atoms with Crippen LogP contribution in [0.3, 0.4) is 0 Å². The Bertz CT molecular complexity index is 789. The van der Waals surface area contributed by atoms with E-state index < -0.39 is 0 Å². The summed E-state index contributed by atoms with van der Waals surface area (Å²) in [5.74, 6) is 2.43. The normalized spacial score (nSPS) is 10.5. The summed E-state index contributed by atoms with van der Waals surface area (Å²) >= 11 is 6.02. The third kappa shape index (κ3) is 4.02. The van der Waals surface area contributed by atoms with Gasteiger partial charge in [-0.05, 0) is 24.3 Å². The van der Waals surface area contributed by atoms with Crippen LogP contribution in [0.1, 0.15) is 5.89 Å². The lowest BCUT2D eigenvalue weighted by atomic mass is 10.2. The minimum Gasteiger partial charge on any atom is -0.490 e. The van der Waals surface area contributed by atoms with Crippen molar-refractivity contribution < 1.29 is 14.0 Å². The summed E-state index contributed by atoms with van der Waals surface area (Å²) < 4.78 is 16.2. The second kappa shape index (κ2) is 7.15. The van der Waals surface area contributed by atoms with Crippen LogP contribution in [0, 0.1) is 6.92 Å². The zero-order valence-corrected chi connectivity index (χ0v) is 13.3. The molecule has 0 spiro atoms. The Balaban J connectivity index is 1.56. The third-order valence-corrected chi connectivity index (χ3v) is 3.38. The Labute approximate surface area is 138 Å². The first-order valence-corrected chi connectivity index (χ1v) is 7.51. The molecule has 0 atom stereocenters. The highest BCUT2D eigenvalue weighted by molar-refractivity contribution is 6.32. The van der Waals surface area contributed by atoms with Gasteiger partial charge in [-0.3, -0.25) is 0 Å². The number of benzene rings is 2. The molecule has 0 fully saturated rings. The standard InChI is InChI=1S/C17H15ClN2O3/c1-12-19-17(20-23-12)13-5-4-6-14(11-13)21-9-10-22-16-8-3-2-7-15(16)18/h2-8,11H,9-10H2,1H3. The molecule has 0 unspecified atom stereocenters. The Morgan fingerprint density at radius 3 is 2.65 bits per heavy atom. The van der Waals surface area contributed by atoms with Crippen LogP contribution in [0.4, 0.5) is 0 Å². The van der Waals surface area contributed by atoms with Crippen molar-refractivity contribution in [1.29, 1.82) is 0 Å². The average molecular weight is 331 g/mol. The molecule has 0 N–H and O–H groups in total. The van der Waals surface area contributed by atoms with Crippen molar-refractivity contribution in [1.82, 2.24) is 10.1 Å². The number of ether oxygens (including phenoxy) is 2. The van der Waals surface area contributed by atoms with Crippen molar-refractivity contribution in [3.05, 3.63) is 59.4 Å². The summed E-state index contributed by atoms with van der Waals surface area (Å²) in [7, 11) is 0. The van der Waals surface area contributed by atoms with Crippen LogP contribution in [-0.2, 0) is 0 Å². The summed E-state index contributed by atoms with van der Waals surface area (Å²) in [6, 6.07) is 14.8. The lowest BCUT2D eigenvalue weighted by Gasteiger charge is -2.09. The van der Waals surface area contributed by atoms with E-state index in [0.29, 0.717) is 41.5 Å². The van der Waals surface area contributed by atoms with E-state index >= 15 is 0 Å². The van der Waals surface area contributed by atoms with Crippen LogP contribution in [0.25, 0.3) is 11.4 Å². The molecule has 0 aliphatic heterocycles. The minimum atomic E-state index is 0.398. The molecule has 1 heterocycles. The van der Waals surface area contributed by atoms with Crippen molar-refractivity contribution in [3.8, 4) is 22.9 Å². The van der Waals surface area contributed by atoms with Gasteiger partial charge >= 0.3 is 0 Å². The average Bonchev–Trinajstić information content (AvgIpc) is 3.00. The molecule has 0 amide bonds. The molecule has 6 heteroatoms. The fourth-order valence-corrected chi connectivity index (χ4v) is 2.20. The summed E-state index contributed by atoms with van der Waals surface area (Å²) in [6.45, 7) is 2.55. The van der Waals surface area contributed by atoms with Gasteiger partial charge in [0.05, 0.1) is 5.02 Å². The summed E-state index contributed by atoms with van der Waals surface area (Å²) in [5, 5.41) is 4.48. The van der Waals surface area contributed by atoms with E-state index in [2.05, 4.69) is 10.1 Å². The minimum absolute atomic E-state index is 0.398. The first kappa shape index (κ1) is 15.4. The van der Waals surface area contributed by atoms with Crippen LogP contribution in [0.5, 0.6) is 11.5 Å². The van der Waals surface area contributed by atoms with Crippen molar-refractivity contribution in [2.75, 3.05) is 13.2 Å². The van der Waals surface area contributed by atoms with Gasteiger partial charge in [0.15, 0.2) is 0 Å². The molecule has 2 aromatic carbocycles. The maximum Gasteiger partial charge on any atom is 0.223 e. The molecule has 5 nitrogen and oxygen atoms in total. The lowest BCUT2D eigenvalue weighted by Crippen LogP contribution is -2.09. The number of nitrogens with zero attached hydrogens (tertiary/aromatic N) is 2. The maximum atomic E-state index is 6.02. The van der Waals surface area contributed by atoms with E-state index in [1.54, 1.807) is 13.0 Å². The van der Waals surface area contributed by atoms with Crippen LogP contribution >= 0.6 is 11.6 Å². The van der Waals surface area contributed by atoms with Gasteiger partial charge in [-0.1, -0.05) is 41.0 Å². The summed E-state index contributed by atoms with van der Waals surface area (Å²) in [6.07, 6.45) is 0. The zero-order chi connectivity index (χ0) is 16.1. The number of para-hydroxylation sites is 1. The van der Waals surface area contributed by atoms with Crippen molar-refractivity contribution in [2.45, 2.75) is 6.92 Å². The van der Waals surface area contributed by atoms with Crippen LogP contribution < -0.4 is 9.47 Å². The maximum absolute atomic E-state index is 6.02. The number of aromatic nitrogens is 2. The molecule has 118 valence electrons. The predicted molar refractivity (Wildman–Crippen MR) is 86.9 cm³/mol. The fraction of sp³-hybridized carbons (Fsp3) is 0.176. The van der Waals surface area contributed by atoms with E-state index in [1.165, 1.54) is 0 Å². The molecule has 0 saturated heterocycles. The zero-order valence-electron chi connectivity index (χ0n) is 12.5. The molecule has 0 aliphatic carbocycles. The predicted octanol–water partition coefficient (Wildman–Crippen LogP) is 4.16. The van der Waals surface area contributed by atoms with Crippen molar-refractivity contribution in [2.24, 2.45) is 0 Å². The first-order chi connectivity index (χ1) is 11.2. The highest BCUT2D eigenvalue weighted by Gasteiger charge is 2.07. The Hall–Kier alpha value is -2.53. The van der Waals surface area contributed by atoms with Gasteiger partial charge in [0.25, 0.3) is 0 Å². The molecule has 3 rings (SSSR count). The number of hydrogen-bond donors (Lipinski definition) is 0. The van der Waals surface area contributed by atoms with Crippen molar-refractivity contribution in [3.63, 3.8) is 0 Å². The second-order valence-corrected chi connectivity index (χ2v) is 5.20. The van der Waals surface area contributed by atoms with Gasteiger partial charge < -0.3 is 14.0 Å². The van der Waals surface area contributed by atoms with E-state index in [0.717, 1.165) is 5.56 Å². The first-order valence-electron chi connectivity index (χ1n) is 7.13. The van der Waals surface area contributed by atoms with Gasteiger partial charge in [0, 0.05) is 12.5 Å². The molecular weight excluding hydrogens is 316 g/mol. The molecule has 1 aromatic heterocycles. The summed E-state index contributed by atoms with van der Waals surface area (Å²) in [4.78, 5) is 4.20. The third-order valence-electron chi connectivity index (χ3n) is 3.07. The number of halogens is 1. The van der Waals surface area contributed by atoms with E-state index in [9.17, 15) is 0 Å². The number of rotatable bonds is 6. The van der Waals surface area contributed by atoms with Gasteiger partial charge in [-0.15, -0.1) is 0 Å². The van der Waals surface area contributed by atoms with Gasteiger partial charge in [-0.2, -0.15) is 4.98 Å². The Morgan fingerprint density at radius 2 is 1.87 bits per heavy atom. The fourth-order valence-electron chi connectivity index (χ4n) is 2.01. The smallest absolute Gasteiger partial charge is 0.223 e. The highest BCUT2D eigenvalue weighted by atomic mass is 35.5. The molecule has 3 aromatic rings. The Morgan fingerprint density at radius 1 is 1.04 bits per heavy atom. The summed E-state index contributed by atoms with van der Waals surface area (Å²) in [5.41, 5.74) is 0.839. The Kier molecular flexibility index (Phi) is 4.78. The topological polar surface area (TPSA) is 57.4 Å². The van der Waals surface area contributed by atoms with Gasteiger partial charge in [0.2, 0.25) is 11.7 Å². The number of hydrogen-bond acceptors (Lipinski definition) is 5. The lowest BCUT2D eigenvalue weighted by molar-refractivity contribution is 0.217. The molecule has 0 saturated carbocycles. The molecular formula is C17H15ClN2O3. The van der Waals surface area contributed by atoms with Crippen molar-refractivity contribution >= 4 is 11.6 Å². The van der Waals surface area contributed by atoms with E-state index in [-0.39, 0.29) is 0 Å². The van der Waals surface area contributed by atoms with Crippen LogP contribution in [-0.4, -0.2) is 23.4 Å². The SMILES string of the molecule is Cc1nc(-c2cccc(OCCOc3ccccc3Cl)c2)no1. The highest BCUT2D eigenvalue weighted by Crippen LogP contribution is 2.23. The van der Waals surface area contributed by atoms with Gasteiger partial charge in [0.1, 0.15) is 24.7 Å². The van der Waals surface area contributed by atoms with Crippen LogP contribution in [0.2, 0.25) is 5.02 Å². The largest absolute Gasteiger partial charge is 0.490 e. The molecule has 23 heavy (non-hydrogen) atoms. The van der Waals surface area contributed by atoms with E-state index in [4.69, 9.17) is 25.6 Å². The number of aryl methyl sites for hydroxylation is 1.